The number of piperidine rings is 2. The van der Waals surface area contributed by atoms with Crippen molar-refractivity contribution in [3.8, 4) is 12.1 Å². The Morgan fingerprint density at radius 3 is 2.02 bits per heavy atom. The molecule has 2 aliphatic heterocycles. The van der Waals surface area contributed by atoms with E-state index in [2.05, 4.69) is 36.1 Å². The van der Waals surface area contributed by atoms with E-state index in [1.807, 2.05) is 13.1 Å². The van der Waals surface area contributed by atoms with E-state index in [-0.39, 0.29) is 6.04 Å². The van der Waals surface area contributed by atoms with E-state index < -0.39 is 29.2 Å². The molecule has 4 aromatic rings. The number of pyridine rings is 2. The lowest BCUT2D eigenvalue weighted by Gasteiger charge is -2.37. The molecule has 0 spiro atoms. The van der Waals surface area contributed by atoms with Crippen LogP contribution >= 0.6 is 0 Å². The highest BCUT2D eigenvalue weighted by Crippen LogP contribution is 2.30. The van der Waals surface area contributed by atoms with Gasteiger partial charge in [0.25, 0.3) is 0 Å². The Balaban J connectivity index is 0.000000202. The van der Waals surface area contributed by atoms with Crippen LogP contribution < -0.4 is 10.2 Å². The fraction of sp³-hybridized carbons (Fsp3) is 0.368. The van der Waals surface area contributed by atoms with Gasteiger partial charge in [0.15, 0.2) is 17.5 Å². The van der Waals surface area contributed by atoms with Crippen LogP contribution in [0, 0.1) is 40.1 Å². The van der Waals surface area contributed by atoms with Gasteiger partial charge in [-0.25, -0.2) is 23.1 Å². The van der Waals surface area contributed by atoms with Crippen LogP contribution in [-0.4, -0.2) is 65.1 Å². The Kier molecular flexibility index (Phi) is 12.7. The van der Waals surface area contributed by atoms with Crippen molar-refractivity contribution in [2.24, 2.45) is 0 Å². The summed E-state index contributed by atoms with van der Waals surface area (Å²) in [4.78, 5) is 14.9. The monoisotopic (exact) mass is 720 g/mol. The van der Waals surface area contributed by atoms with E-state index in [9.17, 15) is 26.3 Å². The third kappa shape index (κ3) is 10.4. The molecule has 2 aromatic heterocycles. The van der Waals surface area contributed by atoms with Crippen LogP contribution in [0.3, 0.4) is 0 Å². The summed E-state index contributed by atoms with van der Waals surface area (Å²) < 4.78 is 78.1. The number of nitrogens with one attached hydrogen (secondary N) is 1. The molecular weight excluding hydrogens is 682 g/mol. The molecule has 0 amide bonds. The van der Waals surface area contributed by atoms with Gasteiger partial charge in [-0.2, -0.15) is 23.7 Å². The van der Waals surface area contributed by atoms with Gasteiger partial charge in [-0.15, -0.1) is 0 Å². The van der Waals surface area contributed by atoms with Crippen molar-refractivity contribution < 1.29 is 26.3 Å². The zero-order valence-corrected chi connectivity index (χ0v) is 28.6. The second-order valence-corrected chi connectivity index (χ2v) is 12.9. The van der Waals surface area contributed by atoms with E-state index in [4.69, 9.17) is 10.5 Å². The standard InChI is InChI=1S/C20H21F3N4.C18H17F3N4/c1-26(19-12-15(13-24)5-8-25-19)18-6-9-27(10-7-18)14-16-3-2-4-17(11-16)20(21,22)23;19-15-7-13(8-16(20)18(15)21)11-25-5-3-14(4-6-25)24-17-2-1-12(9-22)10-23-17/h2-5,8,11-12,18H,6-7,9-10,14H2,1H3;1-2,7-8,10,14H,3-6,11H2,(H,23,24). The van der Waals surface area contributed by atoms with Crippen LogP contribution in [0.4, 0.5) is 38.0 Å². The molecule has 0 radical (unpaired) electrons. The van der Waals surface area contributed by atoms with E-state index in [0.29, 0.717) is 41.4 Å². The van der Waals surface area contributed by atoms with Crippen LogP contribution in [0.1, 0.15) is 53.5 Å². The summed E-state index contributed by atoms with van der Waals surface area (Å²) >= 11 is 0. The Bertz CT molecular complexity index is 1850. The zero-order valence-electron chi connectivity index (χ0n) is 28.6. The van der Waals surface area contributed by atoms with Crippen molar-refractivity contribution in [1.29, 1.82) is 10.5 Å². The molecular formula is C38H38F6N8. The van der Waals surface area contributed by atoms with Crippen molar-refractivity contribution in [2.75, 3.05) is 43.4 Å². The largest absolute Gasteiger partial charge is 0.416 e. The number of alkyl halides is 3. The Hall–Kier alpha value is -5.18. The molecule has 52 heavy (non-hydrogen) atoms. The van der Waals surface area contributed by atoms with Crippen LogP contribution in [0.25, 0.3) is 0 Å². The molecule has 0 atom stereocenters. The number of hydrogen-bond donors (Lipinski definition) is 1. The molecule has 4 heterocycles. The molecule has 1 N–H and O–H groups in total. The maximum absolute atomic E-state index is 13.3. The van der Waals surface area contributed by atoms with E-state index in [1.54, 1.807) is 36.5 Å². The predicted molar refractivity (Wildman–Crippen MR) is 184 cm³/mol. The van der Waals surface area contributed by atoms with E-state index >= 15 is 0 Å². The number of aromatic nitrogens is 2. The number of hydrogen-bond acceptors (Lipinski definition) is 8. The SMILES string of the molecule is CN(c1cc(C#N)ccn1)C1CCN(Cc2cccc(C(F)(F)F)c2)CC1.N#Cc1ccc(NC2CCN(Cc3cc(F)c(F)c(F)c3)CC2)nc1. The molecule has 2 aliphatic rings. The smallest absolute Gasteiger partial charge is 0.367 e. The van der Waals surface area contributed by atoms with Gasteiger partial charge in [-0.3, -0.25) is 9.80 Å². The van der Waals surface area contributed by atoms with Gasteiger partial charge in [-0.1, -0.05) is 18.2 Å². The molecule has 0 aliphatic carbocycles. The molecule has 0 saturated carbocycles. The summed E-state index contributed by atoms with van der Waals surface area (Å²) in [5.41, 5.74) is 1.60. The average molecular weight is 721 g/mol. The summed E-state index contributed by atoms with van der Waals surface area (Å²) in [7, 11) is 1.97. The van der Waals surface area contributed by atoms with Crippen molar-refractivity contribution in [3.05, 3.63) is 118 Å². The van der Waals surface area contributed by atoms with Crippen LogP contribution in [0.15, 0.2) is 73.1 Å². The maximum Gasteiger partial charge on any atom is 0.416 e. The summed E-state index contributed by atoms with van der Waals surface area (Å²) in [6, 6.07) is 19.3. The molecule has 2 saturated heterocycles. The van der Waals surface area contributed by atoms with Crippen molar-refractivity contribution in [1.82, 2.24) is 19.8 Å². The molecule has 2 fully saturated rings. The third-order valence-electron chi connectivity index (χ3n) is 9.28. The minimum atomic E-state index is -4.31. The molecule has 8 nitrogen and oxygen atoms in total. The number of rotatable bonds is 8. The first-order valence-electron chi connectivity index (χ1n) is 16.9. The topological polar surface area (TPSA) is 95.1 Å². The van der Waals surface area contributed by atoms with Crippen LogP contribution in [0.5, 0.6) is 0 Å². The Morgan fingerprint density at radius 2 is 1.42 bits per heavy atom. The number of benzene rings is 2. The minimum Gasteiger partial charge on any atom is -0.367 e. The first-order chi connectivity index (χ1) is 24.9. The highest BCUT2D eigenvalue weighted by atomic mass is 19.4. The van der Waals surface area contributed by atoms with Crippen molar-refractivity contribution >= 4 is 11.6 Å². The van der Waals surface area contributed by atoms with Gasteiger partial charge in [-0.05, 0) is 79.3 Å². The quantitative estimate of drug-likeness (QED) is 0.148. The predicted octanol–water partition coefficient (Wildman–Crippen LogP) is 7.52. The van der Waals surface area contributed by atoms with Gasteiger partial charge in [0, 0.05) is 70.8 Å². The molecule has 272 valence electrons. The Morgan fingerprint density at radius 1 is 0.788 bits per heavy atom. The second kappa shape index (κ2) is 17.4. The number of halogens is 6. The highest BCUT2D eigenvalue weighted by molar-refractivity contribution is 5.45. The lowest BCUT2D eigenvalue weighted by Crippen LogP contribution is -2.43. The second-order valence-electron chi connectivity index (χ2n) is 12.9. The Labute approximate surface area is 298 Å². The van der Waals surface area contributed by atoms with Gasteiger partial charge in [0.05, 0.1) is 22.8 Å². The van der Waals surface area contributed by atoms with Gasteiger partial charge in [0.2, 0.25) is 0 Å². The van der Waals surface area contributed by atoms with Crippen LogP contribution in [0.2, 0.25) is 0 Å². The number of nitrogens with zero attached hydrogens (tertiary/aromatic N) is 7. The molecule has 0 unspecified atom stereocenters. The van der Waals surface area contributed by atoms with Crippen LogP contribution in [-0.2, 0) is 19.3 Å². The van der Waals surface area contributed by atoms with Crippen molar-refractivity contribution in [3.63, 3.8) is 0 Å². The first kappa shape index (κ1) is 38.1. The molecule has 6 rings (SSSR count). The number of nitriles is 2. The fourth-order valence-electron chi connectivity index (χ4n) is 6.38. The summed E-state index contributed by atoms with van der Waals surface area (Å²) in [6.45, 7) is 4.04. The summed E-state index contributed by atoms with van der Waals surface area (Å²) in [5.74, 6) is -2.25. The molecule has 0 bridgehead atoms. The fourth-order valence-corrected chi connectivity index (χ4v) is 6.38. The number of anilines is 2. The molecule has 2 aromatic carbocycles. The van der Waals surface area contributed by atoms with Crippen molar-refractivity contribution in [2.45, 2.75) is 57.0 Å². The first-order valence-corrected chi connectivity index (χ1v) is 16.9. The van der Waals surface area contributed by atoms with Gasteiger partial charge >= 0.3 is 6.18 Å². The van der Waals surface area contributed by atoms with E-state index in [1.165, 1.54) is 18.3 Å². The average Bonchev–Trinajstić information content (AvgIpc) is 3.15. The molecule has 14 heteroatoms. The zero-order chi connectivity index (χ0) is 37.3. The van der Waals surface area contributed by atoms with Gasteiger partial charge in [0.1, 0.15) is 17.7 Å². The minimum absolute atomic E-state index is 0.248. The summed E-state index contributed by atoms with van der Waals surface area (Å²) in [6.07, 6.45) is 2.35. The highest BCUT2D eigenvalue weighted by Gasteiger charge is 2.31. The lowest BCUT2D eigenvalue weighted by molar-refractivity contribution is -0.137. The lowest BCUT2D eigenvalue weighted by atomic mass is 10.0. The van der Waals surface area contributed by atoms with Gasteiger partial charge < -0.3 is 10.2 Å². The number of likely N-dealkylation sites (tertiary alicyclic amines) is 2. The van der Waals surface area contributed by atoms with E-state index in [0.717, 1.165) is 81.7 Å². The third-order valence-corrected chi connectivity index (χ3v) is 9.28. The normalized spacial score (nSPS) is 15.9. The summed E-state index contributed by atoms with van der Waals surface area (Å²) in [5, 5.41) is 21.1. The maximum atomic E-state index is 13.3.